The molecule has 0 spiro atoms. The van der Waals surface area contributed by atoms with E-state index in [1.165, 1.54) is 22.8 Å². The van der Waals surface area contributed by atoms with Gasteiger partial charge in [-0.15, -0.1) is 0 Å². The van der Waals surface area contributed by atoms with Crippen LogP contribution in [0.4, 0.5) is 5.69 Å². The van der Waals surface area contributed by atoms with Crippen molar-refractivity contribution in [2.75, 3.05) is 13.1 Å². The highest BCUT2D eigenvalue weighted by Gasteiger charge is 2.26. The molecule has 0 bridgehead atoms. The molecule has 30 heavy (non-hydrogen) atoms. The van der Waals surface area contributed by atoms with Crippen LogP contribution in [0.2, 0.25) is 0 Å². The maximum Gasteiger partial charge on any atom is 0.273 e. The number of amides is 1. The van der Waals surface area contributed by atoms with E-state index in [1.807, 2.05) is 5.38 Å². The Labute approximate surface area is 179 Å². The van der Waals surface area contributed by atoms with Gasteiger partial charge in [-0.2, -0.15) is 11.3 Å². The Morgan fingerprint density at radius 3 is 2.77 bits per heavy atom. The number of hydrogen-bond acceptors (Lipinski definition) is 5. The molecule has 0 saturated heterocycles. The van der Waals surface area contributed by atoms with Crippen LogP contribution in [0.3, 0.4) is 0 Å². The molecule has 1 aromatic heterocycles. The van der Waals surface area contributed by atoms with E-state index < -0.39 is 4.92 Å². The first kappa shape index (κ1) is 20.3. The van der Waals surface area contributed by atoms with E-state index in [-0.39, 0.29) is 17.6 Å². The van der Waals surface area contributed by atoms with Gasteiger partial charge >= 0.3 is 0 Å². The van der Waals surface area contributed by atoms with E-state index in [0.717, 1.165) is 19.5 Å². The van der Waals surface area contributed by atoms with Crippen LogP contribution in [-0.4, -0.2) is 28.8 Å². The van der Waals surface area contributed by atoms with Crippen molar-refractivity contribution in [1.82, 2.24) is 10.2 Å². The monoisotopic (exact) mass is 421 g/mol. The van der Waals surface area contributed by atoms with Gasteiger partial charge in [0.15, 0.2) is 0 Å². The molecule has 7 heteroatoms. The summed E-state index contributed by atoms with van der Waals surface area (Å²) >= 11 is 1.64. The smallest absolute Gasteiger partial charge is 0.273 e. The number of nitrogens with one attached hydrogen (secondary N) is 1. The van der Waals surface area contributed by atoms with Crippen LogP contribution < -0.4 is 5.32 Å². The number of fused-ring (bicyclic) bond motifs is 1. The molecule has 3 aromatic rings. The predicted octanol–water partition coefficient (Wildman–Crippen LogP) is 4.49. The molecule has 1 atom stereocenters. The summed E-state index contributed by atoms with van der Waals surface area (Å²) in [5.41, 5.74) is 4.69. The maximum atomic E-state index is 12.7. The SMILES string of the molecule is Cc1ccc(C(=O)NCC(c2ccsc2)N2CCc3ccccc3C2)cc1[N+](=O)[O-]. The average Bonchev–Trinajstić information content (AvgIpc) is 3.28. The summed E-state index contributed by atoms with van der Waals surface area (Å²) in [6, 6.07) is 15.2. The summed E-state index contributed by atoms with van der Waals surface area (Å²) in [4.78, 5) is 25.9. The fourth-order valence-corrected chi connectivity index (χ4v) is 4.65. The largest absolute Gasteiger partial charge is 0.350 e. The molecule has 154 valence electrons. The Bertz CT molecular complexity index is 1070. The lowest BCUT2D eigenvalue weighted by molar-refractivity contribution is -0.385. The van der Waals surface area contributed by atoms with E-state index >= 15 is 0 Å². The van der Waals surface area contributed by atoms with Crippen LogP contribution in [0.15, 0.2) is 59.3 Å². The minimum Gasteiger partial charge on any atom is -0.350 e. The van der Waals surface area contributed by atoms with Crippen molar-refractivity contribution in [3.05, 3.63) is 97.2 Å². The molecular weight excluding hydrogens is 398 g/mol. The van der Waals surface area contributed by atoms with E-state index in [9.17, 15) is 14.9 Å². The Balaban J connectivity index is 1.51. The van der Waals surface area contributed by atoms with Gasteiger partial charge in [-0.3, -0.25) is 19.8 Å². The highest BCUT2D eigenvalue weighted by molar-refractivity contribution is 7.08. The first-order valence-electron chi connectivity index (χ1n) is 9.89. The molecule has 0 saturated carbocycles. The van der Waals surface area contributed by atoms with Gasteiger partial charge in [-0.05, 0) is 52.9 Å². The molecule has 4 rings (SSSR count). The van der Waals surface area contributed by atoms with Crippen LogP contribution >= 0.6 is 11.3 Å². The summed E-state index contributed by atoms with van der Waals surface area (Å²) in [5.74, 6) is -0.296. The Kier molecular flexibility index (Phi) is 5.92. The molecule has 1 amide bonds. The van der Waals surface area contributed by atoms with Gasteiger partial charge in [-0.1, -0.05) is 30.3 Å². The van der Waals surface area contributed by atoms with E-state index in [4.69, 9.17) is 0 Å². The molecule has 0 radical (unpaired) electrons. The number of carbonyl (C=O) groups is 1. The third-order valence-electron chi connectivity index (χ3n) is 5.65. The molecule has 1 aliphatic heterocycles. The normalized spacial score (nSPS) is 14.7. The molecule has 2 aromatic carbocycles. The van der Waals surface area contributed by atoms with Gasteiger partial charge in [-0.25, -0.2) is 0 Å². The van der Waals surface area contributed by atoms with Gasteiger partial charge < -0.3 is 5.32 Å². The lowest BCUT2D eigenvalue weighted by atomic mass is 9.97. The molecule has 0 aliphatic carbocycles. The number of nitro benzene ring substituents is 1. The number of rotatable bonds is 6. The van der Waals surface area contributed by atoms with E-state index in [2.05, 4.69) is 45.9 Å². The first-order chi connectivity index (χ1) is 14.5. The molecule has 1 unspecified atom stereocenters. The zero-order chi connectivity index (χ0) is 21.1. The summed E-state index contributed by atoms with van der Waals surface area (Å²) in [7, 11) is 0. The van der Waals surface area contributed by atoms with E-state index in [1.54, 1.807) is 30.4 Å². The Hall–Kier alpha value is -3.03. The highest BCUT2D eigenvalue weighted by atomic mass is 32.1. The Morgan fingerprint density at radius 2 is 2.03 bits per heavy atom. The molecule has 2 heterocycles. The van der Waals surface area contributed by atoms with Gasteiger partial charge in [0.2, 0.25) is 0 Å². The van der Waals surface area contributed by atoms with Gasteiger partial charge in [0.05, 0.1) is 11.0 Å². The van der Waals surface area contributed by atoms with Crippen LogP contribution in [0.1, 0.15) is 38.7 Å². The number of nitrogens with zero attached hydrogens (tertiary/aromatic N) is 2. The quantitative estimate of drug-likeness (QED) is 0.470. The van der Waals surface area contributed by atoms with Gasteiger partial charge in [0, 0.05) is 36.8 Å². The number of aryl methyl sites for hydroxylation is 1. The fourth-order valence-electron chi connectivity index (χ4n) is 3.94. The van der Waals surface area contributed by atoms with Crippen molar-refractivity contribution in [2.24, 2.45) is 0 Å². The molecule has 6 nitrogen and oxygen atoms in total. The van der Waals surface area contributed by atoms with Crippen molar-refractivity contribution in [2.45, 2.75) is 25.9 Å². The second kappa shape index (κ2) is 8.77. The zero-order valence-corrected chi connectivity index (χ0v) is 17.5. The van der Waals surface area contributed by atoms with Gasteiger partial charge in [0.1, 0.15) is 0 Å². The summed E-state index contributed by atoms with van der Waals surface area (Å²) in [6.45, 7) is 3.87. The lowest BCUT2D eigenvalue weighted by Crippen LogP contribution is -2.40. The molecule has 1 N–H and O–H groups in total. The molecular formula is C23H23N3O3S. The van der Waals surface area contributed by atoms with Crippen LogP contribution in [0.25, 0.3) is 0 Å². The zero-order valence-electron chi connectivity index (χ0n) is 16.7. The number of carbonyl (C=O) groups excluding carboxylic acids is 1. The fraction of sp³-hybridized carbons (Fsp3) is 0.261. The van der Waals surface area contributed by atoms with Crippen LogP contribution in [0, 0.1) is 17.0 Å². The number of nitro groups is 1. The van der Waals surface area contributed by atoms with Crippen LogP contribution in [0.5, 0.6) is 0 Å². The number of hydrogen-bond donors (Lipinski definition) is 1. The van der Waals surface area contributed by atoms with Crippen molar-refractivity contribution in [1.29, 1.82) is 0 Å². The first-order valence-corrected chi connectivity index (χ1v) is 10.8. The highest BCUT2D eigenvalue weighted by Crippen LogP contribution is 2.29. The lowest BCUT2D eigenvalue weighted by Gasteiger charge is -2.35. The Morgan fingerprint density at radius 1 is 1.23 bits per heavy atom. The summed E-state index contributed by atoms with van der Waals surface area (Å²) in [5, 5.41) is 18.4. The van der Waals surface area contributed by atoms with Crippen molar-refractivity contribution in [3.63, 3.8) is 0 Å². The van der Waals surface area contributed by atoms with Crippen LogP contribution in [-0.2, 0) is 13.0 Å². The average molecular weight is 422 g/mol. The molecule has 1 aliphatic rings. The summed E-state index contributed by atoms with van der Waals surface area (Å²) < 4.78 is 0. The standard InChI is InChI=1S/C23H23N3O3S/c1-16-6-7-18(12-21(16)26(28)29)23(27)24-13-22(20-9-11-30-15-20)25-10-8-17-4-2-3-5-19(17)14-25/h2-7,9,11-12,15,22H,8,10,13-14H2,1H3,(H,24,27). The van der Waals surface area contributed by atoms with Gasteiger partial charge in [0.25, 0.3) is 11.6 Å². The predicted molar refractivity (Wildman–Crippen MR) is 118 cm³/mol. The number of thiophene rings is 1. The third kappa shape index (κ3) is 4.27. The van der Waals surface area contributed by atoms with Crippen molar-refractivity contribution < 1.29 is 9.72 Å². The van der Waals surface area contributed by atoms with E-state index in [0.29, 0.717) is 17.7 Å². The molecule has 0 fully saturated rings. The minimum atomic E-state index is -0.453. The number of benzene rings is 2. The van der Waals surface area contributed by atoms with Crippen molar-refractivity contribution >= 4 is 22.9 Å². The van der Waals surface area contributed by atoms with Crippen molar-refractivity contribution in [3.8, 4) is 0 Å². The minimum absolute atomic E-state index is 0.0373. The second-order valence-electron chi connectivity index (χ2n) is 7.53. The third-order valence-corrected chi connectivity index (χ3v) is 6.35. The maximum absolute atomic E-state index is 12.7. The second-order valence-corrected chi connectivity index (χ2v) is 8.31. The topological polar surface area (TPSA) is 75.5 Å². The summed E-state index contributed by atoms with van der Waals surface area (Å²) in [6.07, 6.45) is 0.981.